The van der Waals surface area contributed by atoms with Crippen molar-refractivity contribution >= 4 is 44.8 Å². The SMILES string of the molecule is Nc1ccc(C(=O)Nc2cccc(Cl)c2Br)cc1O. The molecule has 0 saturated carbocycles. The molecule has 4 N–H and O–H groups in total. The molecule has 0 saturated heterocycles. The van der Waals surface area contributed by atoms with Gasteiger partial charge >= 0.3 is 0 Å². The molecule has 0 heterocycles. The highest BCUT2D eigenvalue weighted by atomic mass is 79.9. The zero-order valence-electron chi connectivity index (χ0n) is 9.65. The van der Waals surface area contributed by atoms with E-state index >= 15 is 0 Å². The minimum Gasteiger partial charge on any atom is -0.506 e. The van der Waals surface area contributed by atoms with Crippen LogP contribution < -0.4 is 11.1 Å². The predicted molar refractivity (Wildman–Crippen MR) is 79.6 cm³/mol. The van der Waals surface area contributed by atoms with Crippen LogP contribution in [-0.2, 0) is 0 Å². The van der Waals surface area contributed by atoms with Gasteiger partial charge in [-0.3, -0.25) is 4.79 Å². The summed E-state index contributed by atoms with van der Waals surface area (Å²) in [4.78, 5) is 12.0. The first kappa shape index (κ1) is 13.7. The molecule has 4 nitrogen and oxygen atoms in total. The summed E-state index contributed by atoms with van der Waals surface area (Å²) in [5.41, 5.74) is 6.56. The summed E-state index contributed by atoms with van der Waals surface area (Å²) in [5, 5.41) is 12.7. The molecule has 2 rings (SSSR count). The van der Waals surface area contributed by atoms with Crippen molar-refractivity contribution < 1.29 is 9.90 Å². The lowest BCUT2D eigenvalue weighted by atomic mass is 10.1. The number of benzene rings is 2. The van der Waals surface area contributed by atoms with Gasteiger partial charge in [0.15, 0.2) is 0 Å². The third kappa shape index (κ3) is 3.00. The molecule has 0 aromatic heterocycles. The number of carbonyl (C=O) groups is 1. The van der Waals surface area contributed by atoms with E-state index in [4.69, 9.17) is 17.3 Å². The molecular formula is C13H10BrClN2O2. The largest absolute Gasteiger partial charge is 0.506 e. The Morgan fingerprint density at radius 3 is 2.74 bits per heavy atom. The zero-order chi connectivity index (χ0) is 14.0. The van der Waals surface area contributed by atoms with Crippen LogP contribution in [0.1, 0.15) is 10.4 Å². The molecule has 0 aliphatic carbocycles. The standard InChI is InChI=1S/C13H10BrClN2O2/c14-12-8(15)2-1-3-10(12)17-13(19)7-4-5-9(16)11(18)6-7/h1-6,18H,16H2,(H,17,19). The molecule has 0 spiro atoms. The lowest BCUT2D eigenvalue weighted by Gasteiger charge is -2.09. The highest BCUT2D eigenvalue weighted by Crippen LogP contribution is 2.30. The average Bonchev–Trinajstić information content (AvgIpc) is 2.38. The minimum absolute atomic E-state index is 0.127. The lowest BCUT2D eigenvalue weighted by Crippen LogP contribution is -2.12. The van der Waals surface area contributed by atoms with Crippen LogP contribution in [0.2, 0.25) is 5.02 Å². The van der Waals surface area contributed by atoms with E-state index in [-0.39, 0.29) is 17.3 Å². The fourth-order valence-electron chi connectivity index (χ4n) is 1.48. The number of anilines is 2. The van der Waals surface area contributed by atoms with E-state index in [1.807, 2.05) is 0 Å². The number of phenols is 1. The van der Waals surface area contributed by atoms with E-state index in [1.54, 1.807) is 18.2 Å². The monoisotopic (exact) mass is 340 g/mol. The van der Waals surface area contributed by atoms with E-state index in [0.717, 1.165) is 0 Å². The molecule has 6 heteroatoms. The smallest absolute Gasteiger partial charge is 0.255 e. The first-order valence-electron chi connectivity index (χ1n) is 5.33. The molecule has 0 radical (unpaired) electrons. The summed E-state index contributed by atoms with van der Waals surface area (Å²) in [6, 6.07) is 9.45. The van der Waals surface area contributed by atoms with Crippen LogP contribution >= 0.6 is 27.5 Å². The molecule has 2 aromatic carbocycles. The van der Waals surface area contributed by atoms with Gasteiger partial charge in [-0.25, -0.2) is 0 Å². The van der Waals surface area contributed by atoms with Gasteiger partial charge in [-0.2, -0.15) is 0 Å². The maximum Gasteiger partial charge on any atom is 0.255 e. The summed E-state index contributed by atoms with van der Waals surface area (Å²) < 4.78 is 0.602. The number of nitrogens with one attached hydrogen (secondary N) is 1. The average molecular weight is 342 g/mol. The van der Waals surface area contributed by atoms with Crippen molar-refractivity contribution in [1.82, 2.24) is 0 Å². The number of rotatable bonds is 2. The molecular weight excluding hydrogens is 332 g/mol. The first-order chi connectivity index (χ1) is 8.99. The van der Waals surface area contributed by atoms with Gasteiger partial charge in [0.25, 0.3) is 5.91 Å². The van der Waals surface area contributed by atoms with E-state index in [9.17, 15) is 9.90 Å². The Hall–Kier alpha value is -1.72. The van der Waals surface area contributed by atoms with Gasteiger partial charge in [0.05, 0.1) is 20.9 Å². The van der Waals surface area contributed by atoms with Crippen LogP contribution in [0, 0.1) is 0 Å². The minimum atomic E-state index is -0.363. The molecule has 0 aliphatic rings. The number of amides is 1. The maximum absolute atomic E-state index is 12.0. The van der Waals surface area contributed by atoms with Gasteiger partial charge in [-0.15, -0.1) is 0 Å². The van der Waals surface area contributed by atoms with E-state index in [2.05, 4.69) is 21.2 Å². The van der Waals surface area contributed by atoms with Crippen LogP contribution in [-0.4, -0.2) is 11.0 Å². The van der Waals surface area contributed by atoms with Crippen LogP contribution in [0.25, 0.3) is 0 Å². The van der Waals surface area contributed by atoms with Gasteiger partial charge in [-0.1, -0.05) is 17.7 Å². The van der Waals surface area contributed by atoms with Crippen molar-refractivity contribution in [3.05, 3.63) is 51.5 Å². The molecule has 98 valence electrons. The second-order valence-corrected chi connectivity index (χ2v) is 5.03. The zero-order valence-corrected chi connectivity index (χ0v) is 12.0. The first-order valence-corrected chi connectivity index (χ1v) is 6.50. The number of carbonyl (C=O) groups excluding carboxylic acids is 1. The molecule has 2 aromatic rings. The third-order valence-electron chi connectivity index (χ3n) is 2.49. The number of nitrogen functional groups attached to an aromatic ring is 1. The highest BCUT2D eigenvalue weighted by molar-refractivity contribution is 9.10. The van der Waals surface area contributed by atoms with Crippen LogP contribution in [0.3, 0.4) is 0 Å². The Morgan fingerprint density at radius 1 is 1.32 bits per heavy atom. The summed E-state index contributed by atoms with van der Waals surface area (Å²) in [6.07, 6.45) is 0. The van der Waals surface area contributed by atoms with Gasteiger partial charge in [-0.05, 0) is 46.3 Å². The van der Waals surface area contributed by atoms with Gasteiger partial charge < -0.3 is 16.2 Å². The number of phenolic OH excluding ortho intramolecular Hbond substituents is 1. The second-order valence-electron chi connectivity index (χ2n) is 3.83. The molecule has 0 bridgehead atoms. The Morgan fingerprint density at radius 2 is 2.05 bits per heavy atom. The fourth-order valence-corrected chi connectivity index (χ4v) is 2.02. The Bertz CT molecular complexity index is 647. The predicted octanol–water partition coefficient (Wildman–Crippen LogP) is 3.64. The molecule has 0 fully saturated rings. The molecule has 0 atom stereocenters. The third-order valence-corrected chi connectivity index (χ3v) is 3.89. The number of aromatic hydroxyl groups is 1. The Balaban J connectivity index is 2.26. The number of nitrogens with two attached hydrogens (primary N) is 1. The summed E-state index contributed by atoms with van der Waals surface area (Å²) >= 11 is 9.23. The van der Waals surface area contributed by atoms with Crippen molar-refractivity contribution in [1.29, 1.82) is 0 Å². The fraction of sp³-hybridized carbons (Fsp3) is 0. The Kier molecular flexibility index (Phi) is 3.97. The topological polar surface area (TPSA) is 75.4 Å². The number of halogens is 2. The Labute approximate surface area is 123 Å². The van der Waals surface area contributed by atoms with E-state index in [0.29, 0.717) is 20.7 Å². The van der Waals surface area contributed by atoms with Crippen LogP contribution in [0.5, 0.6) is 5.75 Å². The molecule has 0 unspecified atom stereocenters. The van der Waals surface area contributed by atoms with Crippen molar-refractivity contribution in [2.75, 3.05) is 11.1 Å². The molecule has 19 heavy (non-hydrogen) atoms. The quantitative estimate of drug-likeness (QED) is 0.576. The summed E-state index contributed by atoms with van der Waals surface area (Å²) in [5.74, 6) is -0.490. The van der Waals surface area contributed by atoms with Crippen molar-refractivity contribution in [3.63, 3.8) is 0 Å². The summed E-state index contributed by atoms with van der Waals surface area (Å²) in [6.45, 7) is 0. The van der Waals surface area contributed by atoms with E-state index in [1.165, 1.54) is 18.2 Å². The van der Waals surface area contributed by atoms with Gasteiger partial charge in [0, 0.05) is 5.56 Å². The maximum atomic E-state index is 12.0. The van der Waals surface area contributed by atoms with Crippen LogP contribution in [0.15, 0.2) is 40.9 Å². The lowest BCUT2D eigenvalue weighted by molar-refractivity contribution is 0.102. The van der Waals surface area contributed by atoms with Crippen molar-refractivity contribution in [3.8, 4) is 5.75 Å². The normalized spacial score (nSPS) is 10.2. The van der Waals surface area contributed by atoms with Gasteiger partial charge in [0.2, 0.25) is 0 Å². The molecule has 0 aliphatic heterocycles. The van der Waals surface area contributed by atoms with Crippen molar-refractivity contribution in [2.45, 2.75) is 0 Å². The number of hydrogen-bond donors (Lipinski definition) is 3. The van der Waals surface area contributed by atoms with Gasteiger partial charge in [0.1, 0.15) is 5.75 Å². The second kappa shape index (κ2) is 5.50. The number of hydrogen-bond acceptors (Lipinski definition) is 3. The van der Waals surface area contributed by atoms with E-state index < -0.39 is 0 Å². The van der Waals surface area contributed by atoms with Crippen LogP contribution in [0.4, 0.5) is 11.4 Å². The van der Waals surface area contributed by atoms with Crippen molar-refractivity contribution in [2.24, 2.45) is 0 Å². The molecule has 1 amide bonds. The highest BCUT2D eigenvalue weighted by Gasteiger charge is 2.11. The summed E-state index contributed by atoms with van der Waals surface area (Å²) in [7, 11) is 0.